The summed E-state index contributed by atoms with van der Waals surface area (Å²) in [7, 11) is 1.60. The second-order valence-electron chi connectivity index (χ2n) is 7.30. The van der Waals surface area contributed by atoms with Gasteiger partial charge in [0.1, 0.15) is 6.04 Å². The first-order valence-corrected chi connectivity index (χ1v) is 8.41. The van der Waals surface area contributed by atoms with E-state index in [9.17, 15) is 14.9 Å². The molecule has 0 aromatic heterocycles. The molecular weight excluding hydrogens is 330 g/mol. The van der Waals surface area contributed by atoms with Crippen molar-refractivity contribution < 1.29 is 14.3 Å². The molecule has 0 N–H and O–H groups in total. The number of nitrogens with zero attached hydrogens (tertiary/aromatic N) is 3. The number of carbonyl (C=O) groups is 2. The Balaban J connectivity index is 2.02. The highest BCUT2D eigenvalue weighted by Gasteiger charge is 2.45. The van der Waals surface area contributed by atoms with Gasteiger partial charge >= 0.3 is 6.03 Å². The second-order valence-corrected chi connectivity index (χ2v) is 7.30. The van der Waals surface area contributed by atoms with Crippen LogP contribution in [0.3, 0.4) is 0 Å². The third kappa shape index (κ3) is 3.02. The van der Waals surface area contributed by atoms with Gasteiger partial charge in [-0.3, -0.25) is 4.79 Å². The summed E-state index contributed by atoms with van der Waals surface area (Å²) in [5.41, 5.74) is 0.586. The summed E-state index contributed by atoms with van der Waals surface area (Å²) < 4.78 is 5.73. The zero-order chi connectivity index (χ0) is 19.1. The molecule has 1 saturated heterocycles. The van der Waals surface area contributed by atoms with E-state index < -0.39 is 17.7 Å². The molecule has 3 amide bonds. The van der Waals surface area contributed by atoms with Crippen molar-refractivity contribution in [1.82, 2.24) is 4.90 Å². The van der Waals surface area contributed by atoms with Crippen molar-refractivity contribution in [2.45, 2.75) is 32.4 Å². The molecule has 2 aromatic rings. The molecular formula is C20H21N3O3. The molecule has 2 aromatic carbocycles. The number of urea groups is 1. The predicted octanol–water partition coefficient (Wildman–Crippen LogP) is 3.29. The van der Waals surface area contributed by atoms with Gasteiger partial charge in [-0.25, -0.2) is 9.69 Å². The first kappa shape index (κ1) is 17.9. The van der Waals surface area contributed by atoms with Gasteiger partial charge in [0.05, 0.1) is 29.5 Å². The van der Waals surface area contributed by atoms with Gasteiger partial charge in [-0.2, -0.15) is 5.26 Å². The molecule has 1 aliphatic rings. The maximum atomic E-state index is 13.0. The SMILES string of the molecule is CN1C(=O)N(c2ccc(C#N)c3ccccc23)C(=O)C1COC(C)(C)C. The Hall–Kier alpha value is -2.91. The molecule has 1 unspecified atom stereocenters. The number of hydrogen-bond donors (Lipinski definition) is 0. The Morgan fingerprint density at radius 2 is 1.77 bits per heavy atom. The molecule has 6 heteroatoms. The van der Waals surface area contributed by atoms with Crippen molar-refractivity contribution in [2.24, 2.45) is 0 Å². The van der Waals surface area contributed by atoms with Crippen molar-refractivity contribution in [1.29, 1.82) is 5.26 Å². The quantitative estimate of drug-likeness (QED) is 0.795. The zero-order valence-electron chi connectivity index (χ0n) is 15.3. The average molecular weight is 351 g/mol. The van der Waals surface area contributed by atoms with Crippen LogP contribution in [0.25, 0.3) is 10.8 Å². The molecule has 0 aliphatic carbocycles. The summed E-state index contributed by atoms with van der Waals surface area (Å²) in [6, 6.07) is 11.6. The lowest BCUT2D eigenvalue weighted by molar-refractivity contribution is -0.123. The maximum absolute atomic E-state index is 13.0. The summed E-state index contributed by atoms with van der Waals surface area (Å²) in [4.78, 5) is 28.3. The second kappa shape index (κ2) is 6.43. The summed E-state index contributed by atoms with van der Waals surface area (Å²) in [5.74, 6) is -0.323. The molecule has 1 heterocycles. The van der Waals surface area contributed by atoms with E-state index in [1.807, 2.05) is 45.0 Å². The summed E-state index contributed by atoms with van der Waals surface area (Å²) in [6.07, 6.45) is 0. The summed E-state index contributed by atoms with van der Waals surface area (Å²) in [5, 5.41) is 10.7. The van der Waals surface area contributed by atoms with Crippen molar-refractivity contribution in [3.8, 4) is 6.07 Å². The number of hydrogen-bond acceptors (Lipinski definition) is 4. The van der Waals surface area contributed by atoms with E-state index in [0.29, 0.717) is 22.0 Å². The lowest BCUT2D eigenvalue weighted by Gasteiger charge is -2.23. The van der Waals surface area contributed by atoms with Crippen LogP contribution in [-0.4, -0.2) is 42.1 Å². The van der Waals surface area contributed by atoms with Crippen molar-refractivity contribution >= 4 is 28.4 Å². The molecule has 3 rings (SSSR count). The van der Waals surface area contributed by atoms with Gasteiger partial charge in [-0.15, -0.1) is 0 Å². The first-order chi connectivity index (χ1) is 12.2. The summed E-state index contributed by atoms with van der Waals surface area (Å²) >= 11 is 0. The molecule has 1 fully saturated rings. The van der Waals surface area contributed by atoms with Crippen molar-refractivity contribution in [2.75, 3.05) is 18.6 Å². The van der Waals surface area contributed by atoms with Crippen LogP contribution >= 0.6 is 0 Å². The summed E-state index contributed by atoms with van der Waals surface area (Å²) in [6.45, 7) is 5.84. The van der Waals surface area contributed by atoms with E-state index in [2.05, 4.69) is 6.07 Å². The minimum absolute atomic E-state index is 0.134. The molecule has 6 nitrogen and oxygen atoms in total. The van der Waals surface area contributed by atoms with Gasteiger partial charge in [-0.05, 0) is 32.9 Å². The fourth-order valence-corrected chi connectivity index (χ4v) is 3.01. The Morgan fingerprint density at radius 3 is 2.38 bits per heavy atom. The smallest absolute Gasteiger partial charge is 0.331 e. The van der Waals surface area contributed by atoms with Gasteiger partial charge in [0, 0.05) is 17.8 Å². The third-order valence-corrected chi connectivity index (χ3v) is 4.40. The maximum Gasteiger partial charge on any atom is 0.331 e. The van der Waals surface area contributed by atoms with Crippen LogP contribution in [0.5, 0.6) is 0 Å². The van der Waals surface area contributed by atoms with Crippen molar-refractivity contribution in [3.63, 3.8) is 0 Å². The number of fused-ring (bicyclic) bond motifs is 1. The number of amides is 3. The van der Waals surface area contributed by atoms with E-state index >= 15 is 0 Å². The number of anilines is 1. The van der Waals surface area contributed by atoms with Crippen LogP contribution in [0.2, 0.25) is 0 Å². The van der Waals surface area contributed by atoms with E-state index in [1.54, 1.807) is 19.2 Å². The number of rotatable bonds is 3. The number of imide groups is 1. The number of benzene rings is 2. The Morgan fingerprint density at radius 1 is 1.12 bits per heavy atom. The Labute approximate surface area is 152 Å². The van der Waals surface area contributed by atoms with Crippen molar-refractivity contribution in [3.05, 3.63) is 42.0 Å². The highest BCUT2D eigenvalue weighted by Crippen LogP contribution is 2.33. The first-order valence-electron chi connectivity index (χ1n) is 8.41. The lowest BCUT2D eigenvalue weighted by Crippen LogP contribution is -2.38. The van der Waals surface area contributed by atoms with Crippen LogP contribution in [0, 0.1) is 11.3 Å². The largest absolute Gasteiger partial charge is 0.373 e. The van der Waals surface area contributed by atoms with E-state index in [0.717, 1.165) is 0 Å². The topological polar surface area (TPSA) is 73.6 Å². The lowest BCUT2D eigenvalue weighted by atomic mass is 10.0. The van der Waals surface area contributed by atoms with E-state index in [-0.39, 0.29) is 12.5 Å². The fourth-order valence-electron chi connectivity index (χ4n) is 3.01. The highest BCUT2D eigenvalue weighted by molar-refractivity contribution is 6.24. The van der Waals surface area contributed by atoms with Crippen LogP contribution < -0.4 is 4.90 Å². The van der Waals surface area contributed by atoms with Gasteiger partial charge in [0.15, 0.2) is 0 Å². The average Bonchev–Trinajstić information content (AvgIpc) is 2.81. The number of likely N-dealkylation sites (N-methyl/N-ethyl adjacent to an activating group) is 1. The number of carbonyl (C=O) groups excluding carboxylic acids is 2. The molecule has 1 atom stereocenters. The standard InChI is InChI=1S/C20H21N3O3/c1-20(2,3)26-12-17-18(24)23(19(25)22(17)4)16-10-9-13(11-21)14-7-5-6-8-15(14)16/h5-10,17H,12H2,1-4H3. The number of nitriles is 1. The van der Waals surface area contributed by atoms with Crippen LogP contribution in [0.15, 0.2) is 36.4 Å². The molecule has 0 bridgehead atoms. The minimum atomic E-state index is -0.670. The predicted molar refractivity (Wildman–Crippen MR) is 98.8 cm³/mol. The molecule has 26 heavy (non-hydrogen) atoms. The molecule has 0 saturated carbocycles. The minimum Gasteiger partial charge on any atom is -0.373 e. The molecule has 0 radical (unpaired) electrons. The van der Waals surface area contributed by atoms with Gasteiger partial charge in [-0.1, -0.05) is 24.3 Å². The van der Waals surface area contributed by atoms with Gasteiger partial charge < -0.3 is 9.64 Å². The molecule has 1 aliphatic heterocycles. The Bertz CT molecular complexity index is 924. The fraction of sp³-hybridized carbons (Fsp3) is 0.350. The van der Waals surface area contributed by atoms with Crippen LogP contribution in [-0.2, 0) is 9.53 Å². The van der Waals surface area contributed by atoms with E-state index in [4.69, 9.17) is 4.74 Å². The van der Waals surface area contributed by atoms with Crippen LogP contribution in [0.4, 0.5) is 10.5 Å². The molecule has 134 valence electrons. The highest BCUT2D eigenvalue weighted by atomic mass is 16.5. The number of ether oxygens (including phenoxy) is 1. The zero-order valence-corrected chi connectivity index (χ0v) is 15.3. The normalized spacial score (nSPS) is 17.9. The van der Waals surface area contributed by atoms with E-state index in [1.165, 1.54) is 9.80 Å². The van der Waals surface area contributed by atoms with Crippen LogP contribution in [0.1, 0.15) is 26.3 Å². The van der Waals surface area contributed by atoms with Gasteiger partial charge in [0.2, 0.25) is 0 Å². The van der Waals surface area contributed by atoms with Gasteiger partial charge in [0.25, 0.3) is 5.91 Å². The third-order valence-electron chi connectivity index (χ3n) is 4.40. The monoisotopic (exact) mass is 351 g/mol. The Kier molecular flexibility index (Phi) is 4.43. The molecule has 0 spiro atoms.